The third-order valence-corrected chi connectivity index (χ3v) is 16.0. The van der Waals surface area contributed by atoms with Crippen molar-refractivity contribution < 1.29 is 28.4 Å². The molecule has 12 aromatic rings. The van der Waals surface area contributed by atoms with Crippen LogP contribution in [0.2, 0.25) is 0 Å². The van der Waals surface area contributed by atoms with Gasteiger partial charge in [-0.2, -0.15) is 0 Å². The molecule has 80 heavy (non-hydrogen) atoms. The lowest BCUT2D eigenvalue weighted by atomic mass is 9.95. The summed E-state index contributed by atoms with van der Waals surface area (Å²) in [6, 6.07) is 37.2. The van der Waals surface area contributed by atoms with Gasteiger partial charge in [-0.15, -0.1) is 0 Å². The van der Waals surface area contributed by atoms with Gasteiger partial charge in [-0.1, -0.05) is 124 Å². The molecule has 0 amide bonds. The van der Waals surface area contributed by atoms with E-state index in [4.69, 9.17) is 58.3 Å². The standard InChI is InChI=1S/C66H56N8O6/c1-9-11-29-79-57-43-31-35-21-13-14-22-36(35)32-44(43)58(80-30-12-10-2)52-51(57)65-71-61-47-45(33(3)37-23-15-17-25-39(37)53(47)75-5)59(67-61)69-63-49-50(56(78-8)42-28-20-19-27-41(42)55(49)77-7)64(73-63)70-60-46-34(4)38-24-16-18-26-40(38)54(76-6)48(46)62(68-60)72-66(52)74-65/h13-28,31-32H,9-12,29-30H2,1-8H3,(H2,67,68,69,70,71,72,73,74). The number of unbranched alkanes of at least 4 members (excludes halogenated alkanes) is 2. The molecular formula is C66H56N8O6. The van der Waals surface area contributed by atoms with Crippen molar-refractivity contribution in [1.29, 1.82) is 0 Å². The Balaban J connectivity index is 1.26. The quantitative estimate of drug-likeness (QED) is 0.0880. The van der Waals surface area contributed by atoms with Crippen molar-refractivity contribution >= 4 is 98.0 Å². The number of aryl methyl sites for hydroxylation is 2. The van der Waals surface area contributed by atoms with Crippen molar-refractivity contribution in [2.75, 3.05) is 41.7 Å². The molecule has 0 saturated heterocycles. The normalized spacial score (nSPS) is 12.1. The number of benzene rings is 9. The SMILES string of the molecule is CCCCOc1c2c(c(OCCCC)c3cc4ccccc4cc13)-c1nc-2nc2[nH]c(nc3nc(nc4[nH]c(n1)c1c(OC)c5ccccc5c(C)c41)-c1c-3c(OC)c3ccccc3c1OC)c1c(C)c3ccccc3c(OC)c21. The van der Waals surface area contributed by atoms with Crippen molar-refractivity contribution in [3.63, 3.8) is 0 Å². The van der Waals surface area contributed by atoms with E-state index in [-0.39, 0.29) is 0 Å². The van der Waals surface area contributed by atoms with E-state index in [1.165, 1.54) is 0 Å². The van der Waals surface area contributed by atoms with Crippen molar-refractivity contribution in [3.8, 4) is 80.0 Å². The summed E-state index contributed by atoms with van der Waals surface area (Å²) in [5, 5.41) is 12.4. The minimum absolute atomic E-state index is 0.354. The molecule has 396 valence electrons. The summed E-state index contributed by atoms with van der Waals surface area (Å²) < 4.78 is 40.0. The van der Waals surface area contributed by atoms with Crippen LogP contribution in [0.4, 0.5) is 0 Å². The second kappa shape index (κ2) is 19.1. The first-order valence-electron chi connectivity index (χ1n) is 27.2. The van der Waals surface area contributed by atoms with E-state index in [1.807, 2.05) is 48.5 Å². The zero-order chi connectivity index (χ0) is 54.5. The first-order valence-corrected chi connectivity index (χ1v) is 27.2. The summed E-state index contributed by atoms with van der Waals surface area (Å²) in [5.74, 6) is 5.10. The fraction of sp³-hybridized carbons (Fsp3) is 0.212. The average molecular weight is 1060 g/mol. The van der Waals surface area contributed by atoms with E-state index in [9.17, 15) is 0 Å². The Hall–Kier alpha value is -9.56. The summed E-state index contributed by atoms with van der Waals surface area (Å²) in [7, 11) is 6.73. The minimum atomic E-state index is 0.354. The Bertz CT molecular complexity index is 4500. The number of hydrogen-bond donors (Lipinski definition) is 2. The molecule has 2 N–H and O–H groups in total. The average Bonchev–Trinajstić information content (AvgIpc) is 4.07. The summed E-state index contributed by atoms with van der Waals surface area (Å²) >= 11 is 0. The number of aromatic nitrogens is 8. The third kappa shape index (κ3) is 7.16. The topological polar surface area (TPSA) is 164 Å². The van der Waals surface area contributed by atoms with E-state index in [0.717, 1.165) is 101 Å². The maximum absolute atomic E-state index is 7.10. The largest absolute Gasteiger partial charge is 0.495 e. The first kappa shape index (κ1) is 48.8. The highest BCUT2D eigenvalue weighted by Crippen LogP contribution is 2.55. The maximum atomic E-state index is 7.10. The number of fused-ring (bicyclic) bond motifs is 25. The van der Waals surface area contributed by atoms with Gasteiger partial charge < -0.3 is 38.4 Å². The van der Waals surface area contributed by atoms with Crippen LogP contribution >= 0.6 is 0 Å². The van der Waals surface area contributed by atoms with Crippen molar-refractivity contribution in [1.82, 2.24) is 39.9 Å². The Kier molecular flexibility index (Phi) is 11.7. The Morgan fingerprint density at radius 2 is 0.662 bits per heavy atom. The molecule has 14 nitrogen and oxygen atoms in total. The summed E-state index contributed by atoms with van der Waals surface area (Å²) in [4.78, 5) is 40.9. The highest BCUT2D eigenvalue weighted by atomic mass is 16.5. The Morgan fingerprint density at radius 1 is 0.350 bits per heavy atom. The number of nitrogens with one attached hydrogen (secondary N) is 2. The van der Waals surface area contributed by atoms with Gasteiger partial charge in [0.1, 0.15) is 57.1 Å². The van der Waals surface area contributed by atoms with Crippen LogP contribution < -0.4 is 28.4 Å². The number of nitrogens with zero attached hydrogens (tertiary/aromatic N) is 6. The fourth-order valence-corrected chi connectivity index (χ4v) is 12.3. The number of aromatic amines is 2. The molecule has 2 aliphatic heterocycles. The molecule has 2 aliphatic rings. The van der Waals surface area contributed by atoms with Gasteiger partial charge in [-0.05, 0) is 71.5 Å². The minimum Gasteiger partial charge on any atom is -0.495 e. The molecule has 0 aliphatic carbocycles. The Labute approximate surface area is 459 Å². The molecule has 3 aromatic heterocycles. The van der Waals surface area contributed by atoms with Gasteiger partial charge in [0.2, 0.25) is 0 Å². The molecule has 8 bridgehead atoms. The second-order valence-electron chi connectivity index (χ2n) is 20.4. The Morgan fingerprint density at radius 3 is 1.01 bits per heavy atom. The number of hydrogen-bond acceptors (Lipinski definition) is 12. The molecule has 5 heterocycles. The van der Waals surface area contributed by atoms with Crippen molar-refractivity contribution in [2.45, 2.75) is 53.4 Å². The van der Waals surface area contributed by atoms with Gasteiger partial charge in [0, 0.05) is 43.1 Å². The van der Waals surface area contributed by atoms with Crippen LogP contribution in [0.1, 0.15) is 50.7 Å². The highest BCUT2D eigenvalue weighted by Gasteiger charge is 2.35. The van der Waals surface area contributed by atoms with Crippen LogP contribution in [0, 0.1) is 13.8 Å². The molecule has 9 aromatic carbocycles. The fourth-order valence-electron chi connectivity index (χ4n) is 12.3. The smallest absolute Gasteiger partial charge is 0.168 e. The van der Waals surface area contributed by atoms with Gasteiger partial charge >= 0.3 is 0 Å². The zero-order valence-corrected chi connectivity index (χ0v) is 45.8. The summed E-state index contributed by atoms with van der Waals surface area (Å²) in [6.07, 6.45) is 3.51. The zero-order valence-electron chi connectivity index (χ0n) is 45.8. The molecule has 0 atom stereocenters. The van der Waals surface area contributed by atoms with Gasteiger partial charge in [0.05, 0.1) is 74.7 Å². The highest BCUT2D eigenvalue weighted by molar-refractivity contribution is 6.21. The molecule has 0 spiro atoms. The molecule has 14 heteroatoms. The van der Waals surface area contributed by atoms with E-state index < -0.39 is 0 Å². The number of H-pyrrole nitrogens is 2. The lowest BCUT2D eigenvalue weighted by Crippen LogP contribution is -2.04. The molecule has 14 rings (SSSR count). The summed E-state index contributed by atoms with van der Waals surface area (Å²) in [5.41, 5.74) is 6.39. The molecular weight excluding hydrogens is 1000 g/mol. The molecule has 0 saturated carbocycles. The van der Waals surface area contributed by atoms with E-state index in [1.54, 1.807) is 28.4 Å². The third-order valence-electron chi connectivity index (χ3n) is 16.0. The van der Waals surface area contributed by atoms with Crippen molar-refractivity contribution in [2.24, 2.45) is 0 Å². The van der Waals surface area contributed by atoms with Gasteiger partial charge in [0.15, 0.2) is 23.3 Å². The van der Waals surface area contributed by atoms with Crippen LogP contribution in [0.25, 0.3) is 144 Å². The lowest BCUT2D eigenvalue weighted by molar-refractivity contribution is 0.308. The second-order valence-corrected chi connectivity index (χ2v) is 20.4. The molecule has 0 radical (unpaired) electrons. The van der Waals surface area contributed by atoms with E-state index >= 15 is 0 Å². The monoisotopic (exact) mass is 1060 g/mol. The molecule has 0 unspecified atom stereocenters. The van der Waals surface area contributed by atoms with Gasteiger partial charge in [-0.25, -0.2) is 29.9 Å². The van der Waals surface area contributed by atoms with Gasteiger partial charge in [0.25, 0.3) is 0 Å². The maximum Gasteiger partial charge on any atom is 0.168 e. The van der Waals surface area contributed by atoms with Gasteiger partial charge in [-0.3, -0.25) is 0 Å². The van der Waals surface area contributed by atoms with E-state index in [0.29, 0.717) is 127 Å². The van der Waals surface area contributed by atoms with Crippen molar-refractivity contribution in [3.05, 3.63) is 120 Å². The lowest BCUT2D eigenvalue weighted by Gasteiger charge is -2.19. The number of ether oxygens (including phenoxy) is 6. The molecule has 0 fully saturated rings. The predicted molar refractivity (Wildman–Crippen MR) is 320 cm³/mol. The van der Waals surface area contributed by atoms with Crippen LogP contribution in [0.15, 0.2) is 109 Å². The number of rotatable bonds is 12. The first-order chi connectivity index (χ1) is 39.3. The van der Waals surface area contributed by atoms with Crippen LogP contribution in [-0.4, -0.2) is 81.5 Å². The number of methoxy groups -OCH3 is 4. The van der Waals surface area contributed by atoms with E-state index in [2.05, 4.69) is 98.3 Å². The van der Waals surface area contributed by atoms with Crippen LogP contribution in [0.5, 0.6) is 34.5 Å². The van der Waals surface area contributed by atoms with Crippen LogP contribution in [0.3, 0.4) is 0 Å². The van der Waals surface area contributed by atoms with Crippen LogP contribution in [-0.2, 0) is 0 Å². The summed E-state index contributed by atoms with van der Waals surface area (Å²) in [6.45, 7) is 9.45. The predicted octanol–water partition coefficient (Wildman–Crippen LogP) is 15.6.